The van der Waals surface area contributed by atoms with E-state index in [4.69, 9.17) is 19.7 Å². The van der Waals surface area contributed by atoms with Crippen LogP contribution in [0.4, 0.5) is 0 Å². The van der Waals surface area contributed by atoms with E-state index in [2.05, 4.69) is 9.97 Å². The normalized spacial score (nSPS) is 32.9. The molecule has 0 aliphatic carbocycles. The van der Waals surface area contributed by atoms with Gasteiger partial charge in [0.1, 0.15) is 49.3 Å². The van der Waals surface area contributed by atoms with Crippen LogP contribution >= 0.6 is 0 Å². The second kappa shape index (κ2) is 10.4. The fourth-order valence-corrected chi connectivity index (χ4v) is 3.29. The van der Waals surface area contributed by atoms with Crippen LogP contribution in [0.3, 0.4) is 0 Å². The van der Waals surface area contributed by atoms with Gasteiger partial charge in [-0.2, -0.15) is 9.97 Å². The summed E-state index contributed by atoms with van der Waals surface area (Å²) in [6.07, 6.45) is -7.98. The van der Waals surface area contributed by atoms with Gasteiger partial charge in [-0.1, -0.05) is 0 Å². The molecule has 0 radical (unpaired) electrons. The van der Waals surface area contributed by atoms with E-state index in [0.717, 1.165) is 21.8 Å². The van der Waals surface area contributed by atoms with Gasteiger partial charge in [-0.05, 0) is 0 Å². The van der Waals surface area contributed by atoms with E-state index in [1.165, 1.54) is 0 Å². The first-order valence-corrected chi connectivity index (χ1v) is 9.68. The van der Waals surface area contributed by atoms with Crippen molar-refractivity contribution < 1.29 is 40.1 Å². The molecule has 4 rings (SSSR count). The fourth-order valence-electron chi connectivity index (χ4n) is 3.29. The number of nitrogens with zero attached hydrogens (tertiary/aromatic N) is 4. The smallest absolute Gasteiger partial charge is 0.350 e. The summed E-state index contributed by atoms with van der Waals surface area (Å²) in [6.45, 7) is -0.999. The van der Waals surface area contributed by atoms with Gasteiger partial charge in [0.25, 0.3) is 0 Å². The summed E-state index contributed by atoms with van der Waals surface area (Å²) in [4.78, 5) is 54.7. The summed E-state index contributed by atoms with van der Waals surface area (Å²) < 4.78 is 11.9. The maximum atomic E-state index is 11.4. The summed E-state index contributed by atoms with van der Waals surface area (Å²) in [7, 11) is 0. The van der Waals surface area contributed by atoms with Crippen molar-refractivity contribution in [2.24, 2.45) is 0 Å². The Hall–Kier alpha value is -3.10. The number of aliphatic hydroxyl groups is 6. The highest BCUT2D eigenvalue weighted by Crippen LogP contribution is 2.28. The van der Waals surface area contributed by atoms with Gasteiger partial charge in [-0.3, -0.25) is 19.1 Å². The lowest BCUT2D eigenvalue weighted by Gasteiger charge is -2.15. The van der Waals surface area contributed by atoms with Crippen molar-refractivity contribution in [3.05, 3.63) is 54.6 Å². The second-order valence-electron chi connectivity index (χ2n) is 7.23. The molecule has 0 bridgehead atoms. The Labute approximate surface area is 187 Å². The summed E-state index contributed by atoms with van der Waals surface area (Å²) in [6, 6.07) is 0. The lowest BCUT2D eigenvalue weighted by atomic mass is 10.1. The Morgan fingerprint density at radius 1 is 0.706 bits per heavy atom. The minimum absolute atomic E-state index is 0.500. The van der Waals surface area contributed by atoms with Crippen LogP contribution in [0.25, 0.3) is 0 Å². The maximum absolute atomic E-state index is 11.4. The molecule has 34 heavy (non-hydrogen) atoms. The number of hydrogen-bond donors (Lipinski definition) is 8. The van der Waals surface area contributed by atoms with Crippen LogP contribution in [-0.4, -0.2) is 110 Å². The second-order valence-corrected chi connectivity index (χ2v) is 7.23. The molecule has 2 aliphatic heterocycles. The van der Waals surface area contributed by atoms with Crippen molar-refractivity contribution in [1.29, 1.82) is 0 Å². The Morgan fingerprint density at radius 2 is 1.06 bits per heavy atom. The van der Waals surface area contributed by atoms with Crippen molar-refractivity contribution >= 4 is 0 Å². The Balaban J connectivity index is 0.000000191. The third-order valence-electron chi connectivity index (χ3n) is 5.08. The largest absolute Gasteiger partial charge is 0.394 e. The first-order valence-electron chi connectivity index (χ1n) is 9.68. The molecule has 0 unspecified atom stereocenters. The third kappa shape index (κ3) is 5.03. The van der Waals surface area contributed by atoms with Crippen LogP contribution < -0.4 is 22.8 Å². The minimum atomic E-state index is -1.39. The van der Waals surface area contributed by atoms with Crippen LogP contribution in [0.15, 0.2) is 31.8 Å². The zero-order valence-electron chi connectivity index (χ0n) is 17.1. The topological polar surface area (TPSA) is 275 Å². The van der Waals surface area contributed by atoms with Crippen molar-refractivity contribution in [3.8, 4) is 0 Å². The molecule has 2 aromatic heterocycles. The van der Waals surface area contributed by atoms with E-state index in [0.29, 0.717) is 0 Å². The van der Waals surface area contributed by atoms with Gasteiger partial charge in [0.2, 0.25) is 0 Å². The zero-order valence-corrected chi connectivity index (χ0v) is 17.1. The van der Waals surface area contributed by atoms with E-state index in [-0.39, 0.29) is 0 Å². The fraction of sp³-hybridized carbons (Fsp3) is 0.625. The predicted octanol–water partition coefficient (Wildman–Crippen LogP) is -6.91. The summed E-state index contributed by atoms with van der Waals surface area (Å²) in [5.41, 5.74) is -3.28. The number of aromatic nitrogens is 6. The van der Waals surface area contributed by atoms with Crippen LogP contribution in [0.1, 0.15) is 12.5 Å². The molecule has 18 heteroatoms. The van der Waals surface area contributed by atoms with Crippen molar-refractivity contribution in [2.75, 3.05) is 13.2 Å². The van der Waals surface area contributed by atoms with Gasteiger partial charge >= 0.3 is 22.8 Å². The molecule has 0 aromatic carbocycles. The van der Waals surface area contributed by atoms with E-state index in [1.807, 2.05) is 9.97 Å². The van der Waals surface area contributed by atoms with Crippen LogP contribution in [0, 0.1) is 0 Å². The monoisotopic (exact) mass is 490 g/mol. The van der Waals surface area contributed by atoms with Gasteiger partial charge in [-0.15, -0.1) is 0 Å². The quantitative estimate of drug-likeness (QED) is 0.198. The van der Waals surface area contributed by atoms with Crippen molar-refractivity contribution in [2.45, 2.75) is 49.1 Å². The number of rotatable bonds is 4. The van der Waals surface area contributed by atoms with Crippen LogP contribution in [0.2, 0.25) is 0 Å². The Morgan fingerprint density at radius 3 is 1.32 bits per heavy atom. The molecule has 8 N–H and O–H groups in total. The molecular weight excluding hydrogens is 468 g/mol. The number of aromatic amines is 2. The predicted molar refractivity (Wildman–Crippen MR) is 104 cm³/mol. The van der Waals surface area contributed by atoms with Gasteiger partial charge in [0.05, 0.1) is 13.2 Å². The molecule has 8 atom stereocenters. The maximum Gasteiger partial charge on any atom is 0.350 e. The highest BCUT2D eigenvalue weighted by atomic mass is 16.6. The van der Waals surface area contributed by atoms with Crippen molar-refractivity contribution in [3.63, 3.8) is 0 Å². The van der Waals surface area contributed by atoms with E-state index in [9.17, 15) is 39.6 Å². The number of nitrogens with one attached hydrogen (secondary N) is 2. The summed E-state index contributed by atoms with van der Waals surface area (Å²) in [5, 5.41) is 56.0. The summed E-state index contributed by atoms with van der Waals surface area (Å²) in [5.74, 6) is 0. The molecule has 2 fully saturated rings. The summed E-state index contributed by atoms with van der Waals surface area (Å²) >= 11 is 0. The first kappa shape index (κ1) is 25.5. The van der Waals surface area contributed by atoms with Crippen molar-refractivity contribution in [1.82, 2.24) is 29.1 Å². The van der Waals surface area contributed by atoms with E-state index >= 15 is 0 Å². The molecule has 0 amide bonds. The molecule has 2 aliphatic rings. The highest BCUT2D eigenvalue weighted by Gasteiger charge is 2.44. The van der Waals surface area contributed by atoms with Gasteiger partial charge in [0.15, 0.2) is 12.5 Å². The lowest BCUT2D eigenvalue weighted by molar-refractivity contribution is -0.0555. The molecule has 2 aromatic rings. The number of aliphatic hydroxyl groups excluding tert-OH is 6. The lowest BCUT2D eigenvalue weighted by Crippen LogP contribution is -2.38. The standard InChI is InChI=1S/2C8H11N3O6/c2*12-1-3-4(13)5(14)6(17-3)11-2-9-7(15)10-8(11)16/h2*2-6,12-14H,1H2,(H,10,15,16)/t2*3-,4-,5-,6-/m11/s1. The molecule has 0 saturated carbocycles. The molecule has 188 valence electrons. The van der Waals surface area contributed by atoms with E-state index < -0.39 is 85.1 Å². The number of hydrogen-bond acceptors (Lipinski definition) is 14. The molecule has 0 spiro atoms. The van der Waals surface area contributed by atoms with Gasteiger partial charge in [-0.25, -0.2) is 19.2 Å². The number of ether oxygens (including phenoxy) is 2. The third-order valence-corrected chi connectivity index (χ3v) is 5.08. The average Bonchev–Trinajstić information content (AvgIpc) is 3.24. The molecule has 2 saturated heterocycles. The number of H-pyrrole nitrogens is 2. The molecule has 4 heterocycles. The SMILES string of the molecule is O=c1ncn([C@@H]2O[C@H](CO)[C@@H](O)[C@H]2O)c(=O)[nH]1.O=c1ncn([C@@H]2O[C@H](CO)[C@@H](O)[C@H]2O)c(=O)[nH]1. The zero-order chi connectivity index (χ0) is 25.2. The Kier molecular flexibility index (Phi) is 7.84. The average molecular weight is 490 g/mol. The van der Waals surface area contributed by atoms with Crippen LogP contribution in [-0.2, 0) is 9.47 Å². The van der Waals surface area contributed by atoms with Crippen LogP contribution in [0.5, 0.6) is 0 Å². The van der Waals surface area contributed by atoms with Gasteiger partial charge in [0, 0.05) is 0 Å². The molecular formula is C16H22N6O12. The van der Waals surface area contributed by atoms with Gasteiger partial charge < -0.3 is 40.1 Å². The molecule has 18 nitrogen and oxygen atoms in total. The van der Waals surface area contributed by atoms with E-state index in [1.54, 1.807) is 0 Å². The minimum Gasteiger partial charge on any atom is -0.394 e. The first-order chi connectivity index (χ1) is 16.1. The highest BCUT2D eigenvalue weighted by molar-refractivity contribution is 4.91. The Bertz CT molecular complexity index is 1110.